The van der Waals surface area contributed by atoms with Crippen LogP contribution < -0.4 is 10.2 Å². The minimum absolute atomic E-state index is 0.346. The van der Waals surface area contributed by atoms with Crippen molar-refractivity contribution in [3.63, 3.8) is 0 Å². The van der Waals surface area contributed by atoms with Crippen molar-refractivity contribution in [2.24, 2.45) is 0 Å². The standard InChI is InChI=1S/C13H11BClFO/c1-17-13-8(4-2-5-9(13)14)12-10(15)6-3-7-11(12)16/h2-7H,14H2,1H3. The van der Waals surface area contributed by atoms with E-state index in [1.165, 1.54) is 6.07 Å². The highest BCUT2D eigenvalue weighted by Crippen LogP contribution is 2.35. The van der Waals surface area contributed by atoms with Crippen LogP contribution >= 0.6 is 11.6 Å². The highest BCUT2D eigenvalue weighted by atomic mass is 35.5. The maximum absolute atomic E-state index is 13.8. The number of ether oxygens (including phenoxy) is 1. The zero-order valence-corrected chi connectivity index (χ0v) is 10.4. The summed E-state index contributed by atoms with van der Waals surface area (Å²) < 4.78 is 19.2. The molecule has 0 heterocycles. The van der Waals surface area contributed by atoms with Crippen molar-refractivity contribution >= 4 is 24.9 Å². The van der Waals surface area contributed by atoms with Crippen LogP contribution in [0, 0.1) is 5.82 Å². The van der Waals surface area contributed by atoms with Crippen LogP contribution in [0.4, 0.5) is 4.39 Å². The van der Waals surface area contributed by atoms with Crippen molar-refractivity contribution in [1.82, 2.24) is 0 Å². The van der Waals surface area contributed by atoms with Gasteiger partial charge in [0.1, 0.15) is 19.4 Å². The molecule has 0 aromatic heterocycles. The van der Waals surface area contributed by atoms with Gasteiger partial charge in [0.15, 0.2) is 0 Å². The third-order valence-corrected chi connectivity index (χ3v) is 2.96. The van der Waals surface area contributed by atoms with E-state index in [9.17, 15) is 4.39 Å². The van der Waals surface area contributed by atoms with Crippen molar-refractivity contribution in [3.05, 3.63) is 47.2 Å². The van der Waals surface area contributed by atoms with Crippen LogP contribution in [0.25, 0.3) is 11.1 Å². The van der Waals surface area contributed by atoms with E-state index in [-0.39, 0.29) is 5.82 Å². The predicted octanol–water partition coefficient (Wildman–Crippen LogP) is 2.41. The number of hydrogen-bond acceptors (Lipinski definition) is 1. The molecular formula is C13H11BClFO. The molecule has 0 radical (unpaired) electrons. The first kappa shape index (κ1) is 12.0. The highest BCUT2D eigenvalue weighted by molar-refractivity contribution is 6.36. The van der Waals surface area contributed by atoms with Gasteiger partial charge in [0.25, 0.3) is 0 Å². The Morgan fingerprint density at radius 3 is 2.53 bits per heavy atom. The molecule has 0 aliphatic carbocycles. The van der Waals surface area contributed by atoms with Crippen molar-refractivity contribution in [3.8, 4) is 16.9 Å². The summed E-state index contributed by atoms with van der Waals surface area (Å²) in [5.74, 6) is 0.306. The molecule has 0 bridgehead atoms. The molecule has 0 saturated carbocycles. The van der Waals surface area contributed by atoms with Gasteiger partial charge in [-0.05, 0) is 17.6 Å². The SMILES string of the molecule is Bc1cccc(-c2c(F)cccc2Cl)c1OC. The Bertz CT molecular complexity index is 537. The van der Waals surface area contributed by atoms with Crippen LogP contribution in [0.5, 0.6) is 5.75 Å². The maximum Gasteiger partial charge on any atom is 0.144 e. The summed E-state index contributed by atoms with van der Waals surface area (Å²) in [5, 5.41) is 0.383. The van der Waals surface area contributed by atoms with E-state index in [4.69, 9.17) is 16.3 Å². The first-order valence-corrected chi connectivity index (χ1v) is 5.61. The summed E-state index contributed by atoms with van der Waals surface area (Å²) in [6, 6.07) is 10.2. The second-order valence-corrected chi connectivity index (χ2v) is 4.16. The Balaban J connectivity index is 2.73. The van der Waals surface area contributed by atoms with E-state index in [0.717, 1.165) is 5.46 Å². The first-order valence-electron chi connectivity index (χ1n) is 5.23. The Morgan fingerprint density at radius 1 is 1.18 bits per heavy atom. The molecule has 2 aromatic carbocycles. The molecule has 0 unspecified atom stereocenters. The number of rotatable bonds is 2. The fourth-order valence-electron chi connectivity index (χ4n) is 1.88. The molecule has 17 heavy (non-hydrogen) atoms. The second kappa shape index (κ2) is 4.80. The summed E-state index contributed by atoms with van der Waals surface area (Å²) in [6.07, 6.45) is 0. The molecule has 0 spiro atoms. The third-order valence-electron chi connectivity index (χ3n) is 2.65. The number of halogens is 2. The monoisotopic (exact) mass is 248 g/mol. The molecule has 0 aliphatic rings. The third kappa shape index (κ3) is 2.15. The first-order chi connectivity index (χ1) is 8.15. The molecule has 2 rings (SSSR count). The van der Waals surface area contributed by atoms with Gasteiger partial charge >= 0.3 is 0 Å². The molecule has 0 atom stereocenters. The van der Waals surface area contributed by atoms with E-state index in [2.05, 4.69) is 0 Å². The zero-order valence-electron chi connectivity index (χ0n) is 9.63. The number of para-hydroxylation sites is 1. The van der Waals surface area contributed by atoms with E-state index in [0.29, 0.717) is 21.9 Å². The van der Waals surface area contributed by atoms with E-state index in [1.54, 1.807) is 25.3 Å². The van der Waals surface area contributed by atoms with Gasteiger partial charge in [0, 0.05) is 11.1 Å². The lowest BCUT2D eigenvalue weighted by Crippen LogP contribution is -2.08. The molecule has 86 valence electrons. The van der Waals surface area contributed by atoms with Crippen LogP contribution in [0.15, 0.2) is 36.4 Å². The van der Waals surface area contributed by atoms with Gasteiger partial charge in [-0.3, -0.25) is 0 Å². The van der Waals surface area contributed by atoms with Crippen LogP contribution in [0.1, 0.15) is 0 Å². The molecule has 4 heteroatoms. The van der Waals surface area contributed by atoms with Crippen molar-refractivity contribution < 1.29 is 9.13 Å². The van der Waals surface area contributed by atoms with E-state index >= 15 is 0 Å². The van der Waals surface area contributed by atoms with Gasteiger partial charge < -0.3 is 4.74 Å². The fourth-order valence-corrected chi connectivity index (χ4v) is 2.14. The fraction of sp³-hybridized carbons (Fsp3) is 0.0769. The average Bonchev–Trinajstić information content (AvgIpc) is 2.29. The van der Waals surface area contributed by atoms with Crippen molar-refractivity contribution in [2.75, 3.05) is 7.11 Å². The lowest BCUT2D eigenvalue weighted by Gasteiger charge is -2.13. The van der Waals surface area contributed by atoms with E-state index < -0.39 is 0 Å². The van der Waals surface area contributed by atoms with Crippen LogP contribution in [0.3, 0.4) is 0 Å². The average molecular weight is 248 g/mol. The quantitative estimate of drug-likeness (QED) is 0.742. The van der Waals surface area contributed by atoms with Crippen molar-refractivity contribution in [1.29, 1.82) is 0 Å². The van der Waals surface area contributed by atoms with Crippen LogP contribution in [0.2, 0.25) is 5.02 Å². The largest absolute Gasteiger partial charge is 0.497 e. The van der Waals surface area contributed by atoms with Crippen molar-refractivity contribution in [2.45, 2.75) is 0 Å². The van der Waals surface area contributed by atoms with Gasteiger partial charge in [-0.1, -0.05) is 35.9 Å². The van der Waals surface area contributed by atoms with Crippen LogP contribution in [-0.4, -0.2) is 15.0 Å². The lowest BCUT2D eigenvalue weighted by atomic mass is 9.90. The number of methoxy groups -OCH3 is 1. The Hall–Kier alpha value is -1.48. The highest BCUT2D eigenvalue weighted by Gasteiger charge is 2.14. The maximum atomic E-state index is 13.8. The van der Waals surface area contributed by atoms with Gasteiger partial charge in [0.05, 0.1) is 12.1 Å². The molecular weight excluding hydrogens is 237 g/mol. The Labute approximate surface area is 106 Å². The molecule has 0 amide bonds. The summed E-state index contributed by atoms with van der Waals surface area (Å²) in [5.41, 5.74) is 2.01. The van der Waals surface area contributed by atoms with E-state index in [1.807, 2.05) is 20.0 Å². The lowest BCUT2D eigenvalue weighted by molar-refractivity contribution is 0.419. The smallest absolute Gasteiger partial charge is 0.144 e. The minimum Gasteiger partial charge on any atom is -0.497 e. The number of hydrogen-bond donors (Lipinski definition) is 0. The van der Waals surface area contributed by atoms with Gasteiger partial charge in [0.2, 0.25) is 0 Å². The van der Waals surface area contributed by atoms with Gasteiger partial charge in [-0.25, -0.2) is 4.39 Å². The normalized spacial score (nSPS) is 10.3. The number of benzene rings is 2. The summed E-state index contributed by atoms with van der Waals surface area (Å²) >= 11 is 6.05. The predicted molar refractivity (Wildman–Crippen MR) is 71.6 cm³/mol. The molecule has 0 saturated heterocycles. The summed E-state index contributed by atoms with van der Waals surface area (Å²) in [4.78, 5) is 0. The second-order valence-electron chi connectivity index (χ2n) is 3.75. The van der Waals surface area contributed by atoms with Gasteiger partial charge in [-0.15, -0.1) is 0 Å². The summed E-state index contributed by atoms with van der Waals surface area (Å²) in [6.45, 7) is 0. The molecule has 0 N–H and O–H groups in total. The van der Waals surface area contributed by atoms with Crippen LogP contribution in [-0.2, 0) is 0 Å². The molecule has 2 aromatic rings. The van der Waals surface area contributed by atoms with Gasteiger partial charge in [-0.2, -0.15) is 0 Å². The Kier molecular flexibility index (Phi) is 3.39. The minimum atomic E-state index is -0.346. The summed E-state index contributed by atoms with van der Waals surface area (Å²) in [7, 11) is 3.48. The Morgan fingerprint density at radius 2 is 1.88 bits per heavy atom. The molecule has 0 aliphatic heterocycles. The zero-order chi connectivity index (χ0) is 12.4. The molecule has 1 nitrogen and oxygen atoms in total. The topological polar surface area (TPSA) is 9.23 Å². The molecule has 0 fully saturated rings.